The Hall–Kier alpha value is -1.21. The van der Waals surface area contributed by atoms with E-state index in [4.69, 9.17) is 0 Å². The zero-order chi connectivity index (χ0) is 16.7. The zero-order valence-corrected chi connectivity index (χ0v) is 17.3. The third kappa shape index (κ3) is 4.03. The fourth-order valence-electron chi connectivity index (χ4n) is 3.86. The average Bonchev–Trinajstić information content (AvgIpc) is 3.16. The first-order chi connectivity index (χ1) is 11.6. The molecule has 2 unspecified atom stereocenters. The van der Waals surface area contributed by atoms with E-state index in [-0.39, 0.29) is 30.7 Å². The highest BCUT2D eigenvalue weighted by Crippen LogP contribution is 2.32. The third-order valence-electron chi connectivity index (χ3n) is 5.19. The summed E-state index contributed by atoms with van der Waals surface area (Å²) in [4.78, 5) is 24.6. The fourth-order valence-corrected chi connectivity index (χ4v) is 4.89. The Kier molecular flexibility index (Phi) is 7.02. The van der Waals surface area contributed by atoms with Gasteiger partial charge in [-0.2, -0.15) is 0 Å². The Bertz CT molecular complexity index is 743. The van der Waals surface area contributed by atoms with Crippen LogP contribution in [0.2, 0.25) is 0 Å². The molecule has 2 aromatic heterocycles. The predicted molar refractivity (Wildman–Crippen MR) is 110 cm³/mol. The van der Waals surface area contributed by atoms with Crippen molar-refractivity contribution >= 4 is 42.1 Å². The van der Waals surface area contributed by atoms with Crippen LogP contribution in [0.3, 0.4) is 0 Å². The summed E-state index contributed by atoms with van der Waals surface area (Å²) in [6.07, 6.45) is 6.36. The third-order valence-corrected chi connectivity index (χ3v) is 6.36. The minimum absolute atomic E-state index is 0. The van der Waals surface area contributed by atoms with Gasteiger partial charge < -0.3 is 10.2 Å². The summed E-state index contributed by atoms with van der Waals surface area (Å²) >= 11 is 1.45. The molecule has 2 aromatic rings. The number of hydrogen-bond donors (Lipinski definition) is 1. The van der Waals surface area contributed by atoms with Gasteiger partial charge in [-0.1, -0.05) is 6.07 Å². The maximum Gasteiger partial charge on any atom is 0.265 e. The average molecular weight is 415 g/mol. The molecule has 142 valence electrons. The molecule has 2 aliphatic heterocycles. The van der Waals surface area contributed by atoms with Crippen LogP contribution in [0.4, 0.5) is 0 Å². The molecule has 0 radical (unpaired) electrons. The van der Waals surface area contributed by atoms with Gasteiger partial charge in [0.05, 0.1) is 11.4 Å². The van der Waals surface area contributed by atoms with Crippen molar-refractivity contribution in [1.82, 2.24) is 20.2 Å². The molecule has 8 heteroatoms. The first-order valence-electron chi connectivity index (χ1n) is 8.54. The Morgan fingerprint density at radius 1 is 1.23 bits per heavy atom. The van der Waals surface area contributed by atoms with Gasteiger partial charge in [0.25, 0.3) is 5.91 Å². The molecule has 5 nitrogen and oxygen atoms in total. The van der Waals surface area contributed by atoms with E-state index in [9.17, 15) is 4.79 Å². The SMILES string of the molecule is Cc1nc(-c2ccccn2)sc1C(=O)N(C)C1CC2CCC(C1)N2.Cl.Cl. The van der Waals surface area contributed by atoms with Gasteiger partial charge >= 0.3 is 0 Å². The van der Waals surface area contributed by atoms with Crippen LogP contribution in [0.5, 0.6) is 0 Å². The van der Waals surface area contributed by atoms with Gasteiger partial charge in [0.15, 0.2) is 0 Å². The Balaban J connectivity index is 0.00000121. The van der Waals surface area contributed by atoms with Gasteiger partial charge in [-0.15, -0.1) is 36.2 Å². The van der Waals surface area contributed by atoms with Crippen molar-refractivity contribution in [3.8, 4) is 10.7 Å². The summed E-state index contributed by atoms with van der Waals surface area (Å²) in [7, 11) is 1.94. The Labute approximate surface area is 170 Å². The molecule has 2 aliphatic rings. The molecule has 2 bridgehead atoms. The number of nitrogens with one attached hydrogen (secondary N) is 1. The van der Waals surface area contributed by atoms with Crippen LogP contribution in [0.15, 0.2) is 24.4 Å². The maximum absolute atomic E-state index is 13.0. The second-order valence-corrected chi connectivity index (χ2v) is 7.83. The molecule has 2 fully saturated rings. The summed E-state index contributed by atoms with van der Waals surface area (Å²) in [6.45, 7) is 1.91. The normalized spacial score (nSPS) is 23.7. The topological polar surface area (TPSA) is 58.1 Å². The van der Waals surface area contributed by atoms with Crippen LogP contribution in [-0.4, -0.2) is 45.9 Å². The van der Waals surface area contributed by atoms with Crippen LogP contribution >= 0.6 is 36.2 Å². The summed E-state index contributed by atoms with van der Waals surface area (Å²) in [5, 5.41) is 4.45. The van der Waals surface area contributed by atoms with Gasteiger partial charge in [0, 0.05) is 31.4 Å². The monoisotopic (exact) mass is 414 g/mol. The number of aromatic nitrogens is 2. The number of carbonyl (C=O) groups excluding carboxylic acids is 1. The Morgan fingerprint density at radius 2 is 1.92 bits per heavy atom. The second kappa shape index (κ2) is 8.65. The van der Waals surface area contributed by atoms with Crippen LogP contribution < -0.4 is 5.32 Å². The number of thiazole rings is 1. The second-order valence-electron chi connectivity index (χ2n) is 6.83. The van der Waals surface area contributed by atoms with Crippen molar-refractivity contribution < 1.29 is 4.79 Å². The quantitative estimate of drug-likeness (QED) is 0.831. The lowest BCUT2D eigenvalue weighted by molar-refractivity contribution is 0.0685. The van der Waals surface area contributed by atoms with Crippen LogP contribution in [-0.2, 0) is 0 Å². The number of amides is 1. The van der Waals surface area contributed by atoms with Crippen LogP contribution in [0, 0.1) is 6.92 Å². The first kappa shape index (κ1) is 21.1. The van der Waals surface area contributed by atoms with Gasteiger partial charge in [0.1, 0.15) is 9.88 Å². The molecule has 4 rings (SSSR count). The number of nitrogens with zero attached hydrogens (tertiary/aromatic N) is 3. The predicted octanol–water partition coefficient (Wildman–Crippen LogP) is 3.71. The van der Waals surface area contributed by atoms with Crippen molar-refractivity contribution in [1.29, 1.82) is 0 Å². The maximum atomic E-state index is 13.0. The highest BCUT2D eigenvalue weighted by atomic mass is 35.5. The number of fused-ring (bicyclic) bond motifs is 2. The molecule has 26 heavy (non-hydrogen) atoms. The number of hydrogen-bond acceptors (Lipinski definition) is 5. The summed E-state index contributed by atoms with van der Waals surface area (Å²) in [5.41, 5.74) is 1.63. The van der Waals surface area contributed by atoms with Gasteiger partial charge in [-0.3, -0.25) is 9.78 Å². The summed E-state index contributed by atoms with van der Waals surface area (Å²) < 4.78 is 0. The highest BCUT2D eigenvalue weighted by Gasteiger charge is 2.37. The fraction of sp³-hybridized carbons (Fsp3) is 0.500. The van der Waals surface area contributed by atoms with Crippen LogP contribution in [0.25, 0.3) is 10.7 Å². The smallest absolute Gasteiger partial charge is 0.265 e. The molecule has 0 spiro atoms. The lowest BCUT2D eigenvalue weighted by Gasteiger charge is -2.35. The molecule has 1 amide bonds. The summed E-state index contributed by atoms with van der Waals surface area (Å²) in [5.74, 6) is 0.0958. The van der Waals surface area contributed by atoms with E-state index < -0.39 is 0 Å². The molecule has 0 aromatic carbocycles. The zero-order valence-electron chi connectivity index (χ0n) is 14.8. The van der Waals surface area contributed by atoms with Crippen molar-refractivity contribution in [3.63, 3.8) is 0 Å². The van der Waals surface area contributed by atoms with E-state index in [1.165, 1.54) is 24.2 Å². The van der Waals surface area contributed by atoms with Crippen molar-refractivity contribution in [3.05, 3.63) is 35.0 Å². The molecule has 2 atom stereocenters. The number of halogens is 2. The molecule has 4 heterocycles. The number of carbonyl (C=O) groups is 1. The lowest BCUT2D eigenvalue weighted by atomic mass is 9.98. The van der Waals surface area contributed by atoms with E-state index in [2.05, 4.69) is 15.3 Å². The summed E-state index contributed by atoms with van der Waals surface area (Å²) in [6, 6.07) is 7.25. The molecule has 1 N–H and O–H groups in total. The molecular weight excluding hydrogens is 391 g/mol. The van der Waals surface area contributed by atoms with Gasteiger partial charge in [0.2, 0.25) is 0 Å². The first-order valence-corrected chi connectivity index (χ1v) is 9.35. The minimum Gasteiger partial charge on any atom is -0.338 e. The van der Waals surface area contributed by atoms with Crippen molar-refractivity contribution in [2.45, 2.75) is 50.7 Å². The van der Waals surface area contributed by atoms with Crippen molar-refractivity contribution in [2.24, 2.45) is 0 Å². The van der Waals surface area contributed by atoms with E-state index in [1.807, 2.05) is 37.1 Å². The molecule has 2 saturated heterocycles. The molecule has 0 saturated carbocycles. The minimum atomic E-state index is 0. The number of aryl methyl sites for hydroxylation is 1. The number of pyridine rings is 1. The number of rotatable bonds is 3. The Morgan fingerprint density at radius 3 is 2.54 bits per heavy atom. The van der Waals surface area contributed by atoms with E-state index in [1.54, 1.807) is 6.20 Å². The molecular formula is C18H24Cl2N4OS. The lowest BCUT2D eigenvalue weighted by Crippen LogP contribution is -2.48. The van der Waals surface area contributed by atoms with E-state index in [0.717, 1.165) is 34.1 Å². The highest BCUT2D eigenvalue weighted by molar-refractivity contribution is 7.17. The van der Waals surface area contributed by atoms with Gasteiger partial charge in [-0.25, -0.2) is 4.98 Å². The standard InChI is InChI=1S/C18H22N4OS.2ClH/c1-11-16(24-17(20-11)15-5-3-4-8-19-15)18(23)22(2)14-9-12-6-7-13(10-14)21-12;;/h3-5,8,12-14,21H,6-7,9-10H2,1-2H3;2*1H. The number of piperidine rings is 1. The van der Waals surface area contributed by atoms with Crippen molar-refractivity contribution in [2.75, 3.05) is 7.05 Å². The van der Waals surface area contributed by atoms with E-state index in [0.29, 0.717) is 18.1 Å². The molecule has 0 aliphatic carbocycles. The van der Waals surface area contributed by atoms with Crippen LogP contribution in [0.1, 0.15) is 41.0 Å². The largest absolute Gasteiger partial charge is 0.338 e. The van der Waals surface area contributed by atoms with Gasteiger partial charge in [-0.05, 0) is 44.7 Å². The van der Waals surface area contributed by atoms with E-state index >= 15 is 0 Å².